The maximum Gasteiger partial charge on any atom is 0.0553 e. The van der Waals surface area contributed by atoms with Gasteiger partial charge in [-0.25, -0.2) is 0 Å². The van der Waals surface area contributed by atoms with Crippen molar-refractivity contribution in [2.45, 2.75) is 38.1 Å². The first kappa shape index (κ1) is 14.8. The van der Waals surface area contributed by atoms with Gasteiger partial charge in [0.2, 0.25) is 0 Å². The predicted octanol–water partition coefficient (Wildman–Crippen LogP) is 6.22. The number of aryl methyl sites for hydroxylation is 1. The fourth-order valence-electron chi connectivity index (χ4n) is 4.41. The summed E-state index contributed by atoms with van der Waals surface area (Å²) < 4.78 is 2.32. The van der Waals surface area contributed by atoms with Gasteiger partial charge < -0.3 is 5.32 Å². The van der Waals surface area contributed by atoms with Crippen LogP contribution in [0.1, 0.15) is 43.0 Å². The SMILES string of the molecule is CC1(C)c2c(Br)cc(Br)cc2N[C@@H]2c3ccccc3CC[C@@H]21. The molecule has 0 radical (unpaired) electrons. The number of rotatable bonds is 0. The average Bonchev–Trinajstić information content (AvgIpc) is 2.45. The maximum atomic E-state index is 3.83. The summed E-state index contributed by atoms with van der Waals surface area (Å²) in [6.07, 6.45) is 2.43. The molecule has 0 unspecified atom stereocenters. The van der Waals surface area contributed by atoms with Gasteiger partial charge in [-0.15, -0.1) is 0 Å². The van der Waals surface area contributed by atoms with Crippen molar-refractivity contribution in [3.8, 4) is 0 Å². The maximum absolute atomic E-state index is 3.83. The number of anilines is 1. The van der Waals surface area contributed by atoms with Crippen LogP contribution in [-0.4, -0.2) is 0 Å². The van der Waals surface area contributed by atoms with Crippen LogP contribution in [0.25, 0.3) is 0 Å². The summed E-state index contributed by atoms with van der Waals surface area (Å²) in [6.45, 7) is 4.80. The molecule has 0 fully saturated rings. The minimum atomic E-state index is 0.151. The molecule has 4 rings (SSSR count). The first-order valence-corrected chi connectivity index (χ1v) is 9.41. The Bertz CT molecular complexity index is 751. The smallest absolute Gasteiger partial charge is 0.0553 e. The Morgan fingerprint density at radius 1 is 1.14 bits per heavy atom. The molecule has 2 atom stereocenters. The van der Waals surface area contributed by atoms with E-state index in [9.17, 15) is 0 Å². The van der Waals surface area contributed by atoms with Crippen LogP contribution in [0.3, 0.4) is 0 Å². The van der Waals surface area contributed by atoms with Crippen LogP contribution in [0, 0.1) is 5.92 Å². The highest BCUT2D eigenvalue weighted by molar-refractivity contribution is 9.11. The molecule has 0 spiro atoms. The third kappa shape index (κ3) is 2.09. The van der Waals surface area contributed by atoms with Crippen molar-refractivity contribution in [1.29, 1.82) is 0 Å². The number of halogens is 2. The summed E-state index contributed by atoms with van der Waals surface area (Å²) in [5.74, 6) is 0.618. The molecule has 2 aromatic carbocycles. The summed E-state index contributed by atoms with van der Waals surface area (Å²) in [5.41, 5.74) is 5.80. The zero-order valence-electron chi connectivity index (χ0n) is 12.8. The number of hydrogen-bond donors (Lipinski definition) is 1. The largest absolute Gasteiger partial charge is 0.378 e. The molecule has 1 N–H and O–H groups in total. The lowest BCUT2D eigenvalue weighted by Crippen LogP contribution is -2.43. The van der Waals surface area contributed by atoms with Gasteiger partial charge in [-0.05, 0) is 53.0 Å². The Morgan fingerprint density at radius 2 is 1.91 bits per heavy atom. The van der Waals surface area contributed by atoms with Gasteiger partial charge in [0.1, 0.15) is 0 Å². The number of nitrogens with one attached hydrogen (secondary N) is 1. The quantitative estimate of drug-likeness (QED) is 0.533. The van der Waals surface area contributed by atoms with E-state index < -0.39 is 0 Å². The van der Waals surface area contributed by atoms with Gasteiger partial charge in [0, 0.05) is 14.6 Å². The van der Waals surface area contributed by atoms with Gasteiger partial charge in [0.05, 0.1) is 6.04 Å². The van der Waals surface area contributed by atoms with Crippen molar-refractivity contribution in [2.75, 3.05) is 5.32 Å². The van der Waals surface area contributed by atoms with Crippen LogP contribution in [0.5, 0.6) is 0 Å². The molecule has 0 aromatic heterocycles. The second kappa shape index (κ2) is 5.10. The standard InChI is InChI=1S/C19H19Br2N/c1-19(2)14-8-7-11-5-3-4-6-13(11)18(14)22-16-10-12(20)9-15(21)17(16)19/h3-6,9-10,14,18,22H,7-8H2,1-2H3/t14-,18+/m0/s1. The highest BCUT2D eigenvalue weighted by Crippen LogP contribution is 2.54. The first-order chi connectivity index (χ1) is 10.5. The van der Waals surface area contributed by atoms with Crippen molar-refractivity contribution >= 4 is 37.5 Å². The van der Waals surface area contributed by atoms with Gasteiger partial charge in [0.15, 0.2) is 0 Å². The van der Waals surface area contributed by atoms with Crippen molar-refractivity contribution < 1.29 is 0 Å². The molecule has 22 heavy (non-hydrogen) atoms. The topological polar surface area (TPSA) is 12.0 Å². The number of hydrogen-bond acceptors (Lipinski definition) is 1. The van der Waals surface area contributed by atoms with Gasteiger partial charge in [-0.2, -0.15) is 0 Å². The minimum Gasteiger partial charge on any atom is -0.378 e. The molecule has 3 heteroatoms. The van der Waals surface area contributed by atoms with Crippen LogP contribution in [0.2, 0.25) is 0 Å². The lowest BCUT2D eigenvalue weighted by Gasteiger charge is -2.49. The second-order valence-electron chi connectivity index (χ2n) is 7.00. The summed E-state index contributed by atoms with van der Waals surface area (Å²) >= 11 is 7.42. The number of benzene rings is 2. The van der Waals surface area contributed by atoms with E-state index in [1.165, 1.54) is 39.7 Å². The zero-order chi connectivity index (χ0) is 15.5. The molecule has 0 amide bonds. The van der Waals surface area contributed by atoms with Crippen LogP contribution >= 0.6 is 31.9 Å². The van der Waals surface area contributed by atoms with Gasteiger partial charge in [-0.1, -0.05) is 70.0 Å². The molecule has 2 aliphatic rings. The fraction of sp³-hybridized carbons (Fsp3) is 0.368. The summed E-state index contributed by atoms with van der Waals surface area (Å²) in [6, 6.07) is 13.7. The van der Waals surface area contributed by atoms with E-state index in [-0.39, 0.29) is 5.41 Å². The predicted molar refractivity (Wildman–Crippen MR) is 99.5 cm³/mol. The molecule has 1 heterocycles. The Kier molecular flexibility index (Phi) is 3.43. The molecule has 1 nitrogen and oxygen atoms in total. The molecule has 114 valence electrons. The third-order valence-corrected chi connectivity index (χ3v) is 6.54. The summed E-state index contributed by atoms with van der Waals surface area (Å²) in [5, 5.41) is 3.83. The minimum absolute atomic E-state index is 0.151. The van der Waals surface area contributed by atoms with E-state index in [4.69, 9.17) is 0 Å². The van der Waals surface area contributed by atoms with Crippen molar-refractivity contribution in [1.82, 2.24) is 0 Å². The van der Waals surface area contributed by atoms with Gasteiger partial charge >= 0.3 is 0 Å². The monoisotopic (exact) mass is 419 g/mol. The number of fused-ring (bicyclic) bond motifs is 4. The van der Waals surface area contributed by atoms with Crippen molar-refractivity contribution in [2.24, 2.45) is 5.92 Å². The van der Waals surface area contributed by atoms with Crippen molar-refractivity contribution in [3.05, 3.63) is 62.0 Å². The normalized spacial score (nSPS) is 24.7. The van der Waals surface area contributed by atoms with E-state index >= 15 is 0 Å². The highest BCUT2D eigenvalue weighted by atomic mass is 79.9. The molecule has 1 aliphatic carbocycles. The van der Waals surface area contributed by atoms with Gasteiger partial charge in [-0.3, -0.25) is 0 Å². The Morgan fingerprint density at radius 3 is 2.73 bits per heavy atom. The Balaban J connectivity index is 1.91. The Labute approximate surface area is 148 Å². The van der Waals surface area contributed by atoms with E-state index in [1.54, 1.807) is 0 Å². The van der Waals surface area contributed by atoms with E-state index in [2.05, 4.69) is 87.4 Å². The third-order valence-electron chi connectivity index (χ3n) is 5.45. The summed E-state index contributed by atoms with van der Waals surface area (Å²) in [4.78, 5) is 0. The summed E-state index contributed by atoms with van der Waals surface area (Å²) in [7, 11) is 0. The molecule has 0 bridgehead atoms. The molecular weight excluding hydrogens is 402 g/mol. The highest BCUT2D eigenvalue weighted by Gasteiger charge is 2.45. The van der Waals surface area contributed by atoms with E-state index in [0.717, 1.165) is 4.47 Å². The Hall–Kier alpha value is -0.800. The second-order valence-corrected chi connectivity index (χ2v) is 8.77. The van der Waals surface area contributed by atoms with Gasteiger partial charge in [0.25, 0.3) is 0 Å². The molecular formula is C19H19Br2N. The zero-order valence-corrected chi connectivity index (χ0v) is 16.0. The van der Waals surface area contributed by atoms with Crippen molar-refractivity contribution in [3.63, 3.8) is 0 Å². The van der Waals surface area contributed by atoms with E-state index in [0.29, 0.717) is 12.0 Å². The van der Waals surface area contributed by atoms with Crippen LogP contribution in [-0.2, 0) is 11.8 Å². The molecule has 2 aromatic rings. The van der Waals surface area contributed by atoms with Crippen LogP contribution < -0.4 is 5.32 Å². The van der Waals surface area contributed by atoms with E-state index in [1.807, 2.05) is 0 Å². The molecule has 0 saturated heterocycles. The fourth-order valence-corrected chi connectivity index (χ4v) is 6.15. The average molecular weight is 421 g/mol. The first-order valence-electron chi connectivity index (χ1n) is 7.82. The lowest BCUT2D eigenvalue weighted by molar-refractivity contribution is 0.239. The van der Waals surface area contributed by atoms with Crippen LogP contribution in [0.15, 0.2) is 45.3 Å². The molecule has 1 aliphatic heterocycles. The lowest BCUT2D eigenvalue weighted by atomic mass is 9.61. The van der Waals surface area contributed by atoms with Crippen LogP contribution in [0.4, 0.5) is 5.69 Å². The molecule has 0 saturated carbocycles.